The molecule has 9 heteroatoms. The van der Waals surface area contributed by atoms with E-state index >= 15 is 0 Å². The van der Waals surface area contributed by atoms with E-state index in [1.807, 2.05) is 32.0 Å². The summed E-state index contributed by atoms with van der Waals surface area (Å²) in [5.41, 5.74) is 4.01. The molecule has 0 aliphatic carbocycles. The lowest BCUT2D eigenvalue weighted by Gasteiger charge is -2.23. The van der Waals surface area contributed by atoms with Gasteiger partial charge in [0.15, 0.2) is 0 Å². The van der Waals surface area contributed by atoms with E-state index in [0.29, 0.717) is 17.8 Å². The average Bonchev–Trinajstić information content (AvgIpc) is 2.90. The minimum atomic E-state index is -3.46. The number of thiazole rings is 1. The Balaban J connectivity index is 1.65. The first-order chi connectivity index (χ1) is 14.0. The van der Waals surface area contributed by atoms with E-state index in [1.54, 1.807) is 29.8 Å². The Hall–Kier alpha value is -2.65. The van der Waals surface area contributed by atoms with Gasteiger partial charge in [0.25, 0.3) is 0 Å². The van der Waals surface area contributed by atoms with E-state index in [4.69, 9.17) is 0 Å². The summed E-state index contributed by atoms with van der Waals surface area (Å²) in [5, 5.41) is 2.82. The maximum absolute atomic E-state index is 12.4. The number of aryl methyl sites for hydroxylation is 3. The smallest absolute Gasteiger partial charge is 0.307 e. The summed E-state index contributed by atoms with van der Waals surface area (Å²) < 4.78 is 28.3. The molecule has 1 aromatic heterocycles. The van der Waals surface area contributed by atoms with Gasteiger partial charge in [0.1, 0.15) is 0 Å². The highest BCUT2D eigenvalue weighted by atomic mass is 32.2. The minimum Gasteiger partial charge on any atom is -0.326 e. The molecule has 0 spiro atoms. The molecule has 160 valence electrons. The number of hydrogen-bond donors (Lipinski definition) is 1. The molecule has 0 saturated carbocycles. The monoisotopic (exact) mass is 447 g/mol. The van der Waals surface area contributed by atoms with Crippen LogP contribution in [-0.4, -0.2) is 31.7 Å². The van der Waals surface area contributed by atoms with Gasteiger partial charge in [0, 0.05) is 25.7 Å². The van der Waals surface area contributed by atoms with E-state index < -0.39 is 10.0 Å². The largest absolute Gasteiger partial charge is 0.326 e. The van der Waals surface area contributed by atoms with Gasteiger partial charge < -0.3 is 9.88 Å². The third-order valence-electron chi connectivity index (χ3n) is 4.74. The number of sulfonamides is 1. The van der Waals surface area contributed by atoms with E-state index in [1.165, 1.54) is 10.6 Å². The molecular weight excluding hydrogens is 422 g/mol. The van der Waals surface area contributed by atoms with Crippen molar-refractivity contribution in [3.63, 3.8) is 0 Å². The van der Waals surface area contributed by atoms with Crippen molar-refractivity contribution >= 4 is 48.9 Å². The molecule has 1 N–H and O–H groups in total. The lowest BCUT2D eigenvalue weighted by molar-refractivity contribution is -0.116. The first-order valence-electron chi connectivity index (χ1n) is 9.50. The van der Waals surface area contributed by atoms with Gasteiger partial charge in [-0.05, 0) is 61.7 Å². The minimum absolute atomic E-state index is 0.0549. The van der Waals surface area contributed by atoms with Crippen molar-refractivity contribution in [1.82, 2.24) is 4.57 Å². The molecule has 0 bridgehead atoms. The summed E-state index contributed by atoms with van der Waals surface area (Å²) in [6.45, 7) is 4.06. The molecule has 0 radical (unpaired) electrons. The van der Waals surface area contributed by atoms with Crippen molar-refractivity contribution in [3.8, 4) is 0 Å². The number of hydrogen-bond acceptors (Lipinski definition) is 5. The van der Waals surface area contributed by atoms with Gasteiger partial charge >= 0.3 is 4.87 Å². The summed E-state index contributed by atoms with van der Waals surface area (Å²) in [6, 6.07) is 11.0. The molecule has 1 amide bonds. The topological polar surface area (TPSA) is 88.5 Å². The van der Waals surface area contributed by atoms with Crippen molar-refractivity contribution in [2.24, 2.45) is 7.05 Å². The molecule has 3 aromatic rings. The molecule has 0 fully saturated rings. The Bertz CT molecular complexity index is 1240. The highest BCUT2D eigenvalue weighted by molar-refractivity contribution is 7.92. The number of amides is 1. The van der Waals surface area contributed by atoms with Crippen LogP contribution in [0.15, 0.2) is 41.2 Å². The first-order valence-corrected chi connectivity index (χ1v) is 12.2. The number of nitrogens with zero attached hydrogens (tertiary/aromatic N) is 2. The number of anilines is 2. The number of benzene rings is 2. The Kier molecular flexibility index (Phi) is 6.33. The second kappa shape index (κ2) is 8.61. The molecular formula is C21H25N3O4S2. The van der Waals surface area contributed by atoms with Crippen LogP contribution < -0.4 is 14.5 Å². The zero-order chi connectivity index (χ0) is 22.1. The van der Waals surface area contributed by atoms with E-state index in [2.05, 4.69) is 5.32 Å². The summed E-state index contributed by atoms with van der Waals surface area (Å²) >= 11 is 1.13. The van der Waals surface area contributed by atoms with Crippen LogP contribution in [0.3, 0.4) is 0 Å². The third kappa shape index (κ3) is 5.09. The lowest BCUT2D eigenvalue weighted by atomic mass is 10.1. The number of nitrogens with one attached hydrogen (secondary N) is 1. The summed E-state index contributed by atoms with van der Waals surface area (Å²) in [4.78, 5) is 24.1. The SMILES string of the molecule is Cc1cc(C)cc(N(CCCC(=O)Nc2ccc3c(c2)sc(=O)n3C)S(C)(=O)=O)c1. The Morgan fingerprint density at radius 2 is 1.80 bits per heavy atom. The van der Waals surface area contributed by atoms with Gasteiger partial charge in [-0.25, -0.2) is 8.42 Å². The van der Waals surface area contributed by atoms with Crippen LogP contribution in [0.5, 0.6) is 0 Å². The standard InChI is InChI=1S/C21H25N3O4S2/c1-14-10-15(2)12-17(11-14)24(30(4,27)28)9-5-6-20(25)22-16-7-8-18-19(13-16)29-21(26)23(18)3/h7-8,10-13H,5-6,9H2,1-4H3,(H,22,25). The van der Waals surface area contributed by atoms with E-state index in [9.17, 15) is 18.0 Å². The summed E-state index contributed by atoms with van der Waals surface area (Å²) in [6.07, 6.45) is 1.73. The summed E-state index contributed by atoms with van der Waals surface area (Å²) in [5.74, 6) is -0.202. The fraction of sp³-hybridized carbons (Fsp3) is 0.333. The molecule has 30 heavy (non-hydrogen) atoms. The molecule has 0 atom stereocenters. The van der Waals surface area contributed by atoms with Crippen molar-refractivity contribution in [3.05, 3.63) is 57.2 Å². The summed E-state index contributed by atoms with van der Waals surface area (Å²) in [7, 11) is -1.75. The second-order valence-corrected chi connectivity index (χ2v) is 10.3. The van der Waals surface area contributed by atoms with Gasteiger partial charge in [-0.1, -0.05) is 17.4 Å². The third-order valence-corrected chi connectivity index (χ3v) is 6.93. The van der Waals surface area contributed by atoms with Gasteiger partial charge in [-0.3, -0.25) is 13.9 Å². The number of rotatable bonds is 7. The molecule has 0 saturated heterocycles. The van der Waals surface area contributed by atoms with Crippen LogP contribution >= 0.6 is 11.3 Å². The van der Waals surface area contributed by atoms with Gasteiger partial charge in [0.2, 0.25) is 15.9 Å². The average molecular weight is 448 g/mol. The van der Waals surface area contributed by atoms with Gasteiger partial charge in [-0.15, -0.1) is 0 Å². The molecule has 0 aliphatic rings. The Morgan fingerprint density at radius 3 is 2.43 bits per heavy atom. The molecule has 3 rings (SSSR count). The predicted molar refractivity (Wildman–Crippen MR) is 123 cm³/mol. The zero-order valence-corrected chi connectivity index (χ0v) is 19.1. The molecule has 2 aromatic carbocycles. The van der Waals surface area contributed by atoms with Crippen LogP contribution in [0.1, 0.15) is 24.0 Å². The number of carbonyl (C=O) groups excluding carboxylic acids is 1. The van der Waals surface area contributed by atoms with Gasteiger partial charge in [0.05, 0.1) is 22.2 Å². The number of aromatic nitrogens is 1. The molecule has 0 unspecified atom stereocenters. The Labute approximate surface area is 180 Å². The van der Waals surface area contributed by atoms with Crippen molar-refractivity contribution in [2.45, 2.75) is 26.7 Å². The second-order valence-electron chi connectivity index (χ2n) is 7.44. The zero-order valence-electron chi connectivity index (χ0n) is 17.4. The maximum Gasteiger partial charge on any atom is 0.307 e. The first kappa shape index (κ1) is 22.0. The lowest BCUT2D eigenvalue weighted by Crippen LogP contribution is -2.31. The number of fused-ring (bicyclic) bond motifs is 1. The van der Waals surface area contributed by atoms with Crippen LogP contribution in [0.4, 0.5) is 11.4 Å². The highest BCUT2D eigenvalue weighted by Crippen LogP contribution is 2.23. The van der Waals surface area contributed by atoms with Crippen LogP contribution in [-0.2, 0) is 21.9 Å². The van der Waals surface area contributed by atoms with Crippen LogP contribution in [0.25, 0.3) is 10.2 Å². The van der Waals surface area contributed by atoms with Crippen molar-refractivity contribution in [1.29, 1.82) is 0 Å². The quantitative estimate of drug-likeness (QED) is 0.601. The Morgan fingerprint density at radius 1 is 1.13 bits per heavy atom. The van der Waals surface area contributed by atoms with E-state index in [0.717, 1.165) is 32.7 Å². The molecule has 0 aliphatic heterocycles. The predicted octanol–water partition coefficient (Wildman–Crippen LogP) is 3.40. The van der Waals surface area contributed by atoms with Crippen molar-refractivity contribution < 1.29 is 13.2 Å². The molecule has 7 nitrogen and oxygen atoms in total. The molecule has 1 heterocycles. The number of carbonyl (C=O) groups is 1. The maximum atomic E-state index is 12.4. The van der Waals surface area contributed by atoms with Crippen LogP contribution in [0, 0.1) is 13.8 Å². The van der Waals surface area contributed by atoms with Crippen molar-refractivity contribution in [2.75, 3.05) is 22.4 Å². The van der Waals surface area contributed by atoms with Crippen LogP contribution in [0.2, 0.25) is 0 Å². The fourth-order valence-electron chi connectivity index (χ4n) is 3.40. The normalized spacial score (nSPS) is 11.6. The fourth-order valence-corrected chi connectivity index (χ4v) is 5.27. The highest BCUT2D eigenvalue weighted by Gasteiger charge is 2.18. The van der Waals surface area contributed by atoms with E-state index in [-0.39, 0.29) is 23.7 Å². The van der Waals surface area contributed by atoms with Gasteiger partial charge in [-0.2, -0.15) is 0 Å².